The Morgan fingerprint density at radius 2 is 1.26 bits per heavy atom. The molecule has 4 fully saturated rings. The smallest absolute Gasteiger partial charge is 0.227 e. The molecule has 4 atom stereocenters. The number of anilines is 2. The molecule has 172 valence electrons. The quantitative estimate of drug-likeness (QED) is 0.731. The van der Waals surface area contributed by atoms with Gasteiger partial charge >= 0.3 is 0 Å². The van der Waals surface area contributed by atoms with Crippen LogP contribution in [0.25, 0.3) is 0 Å². The molecule has 0 amide bonds. The Balaban J connectivity index is 1.37. The van der Waals surface area contributed by atoms with Crippen LogP contribution in [0.2, 0.25) is 0 Å². The molecule has 0 saturated carbocycles. The van der Waals surface area contributed by atoms with Crippen molar-refractivity contribution in [1.29, 1.82) is 0 Å². The van der Waals surface area contributed by atoms with Crippen LogP contribution in [0.5, 0.6) is 0 Å². The number of aryl methyl sites for hydroxylation is 1. The fourth-order valence-electron chi connectivity index (χ4n) is 7.18. The van der Waals surface area contributed by atoms with Gasteiger partial charge in [0, 0.05) is 74.2 Å². The van der Waals surface area contributed by atoms with Gasteiger partial charge in [-0.15, -0.1) is 0 Å². The topological polar surface area (TPSA) is 38.7 Å². The lowest BCUT2D eigenvalue weighted by Gasteiger charge is -2.33. The Hall–Kier alpha value is -1.40. The van der Waals surface area contributed by atoms with Crippen LogP contribution < -0.4 is 9.80 Å². The zero-order valence-electron chi connectivity index (χ0n) is 20.3. The lowest BCUT2D eigenvalue weighted by Crippen LogP contribution is -2.44. The van der Waals surface area contributed by atoms with E-state index in [4.69, 9.17) is 9.97 Å². The molecule has 5 heterocycles. The van der Waals surface area contributed by atoms with Crippen LogP contribution in [0.1, 0.15) is 71.8 Å². The highest BCUT2D eigenvalue weighted by Gasteiger charge is 2.40. The average molecular weight is 427 g/mol. The highest BCUT2D eigenvalue weighted by molar-refractivity contribution is 5.50. The van der Waals surface area contributed by atoms with E-state index in [1.165, 1.54) is 49.9 Å². The van der Waals surface area contributed by atoms with E-state index in [0.717, 1.165) is 44.2 Å². The van der Waals surface area contributed by atoms with Crippen LogP contribution >= 0.6 is 0 Å². The zero-order valence-corrected chi connectivity index (χ0v) is 20.3. The van der Waals surface area contributed by atoms with E-state index in [9.17, 15) is 0 Å². The van der Waals surface area contributed by atoms with E-state index in [2.05, 4.69) is 60.4 Å². The summed E-state index contributed by atoms with van der Waals surface area (Å²) in [5.74, 6) is 2.13. The molecule has 5 rings (SSSR count). The van der Waals surface area contributed by atoms with E-state index in [1.54, 1.807) is 0 Å². The van der Waals surface area contributed by atoms with Crippen LogP contribution in [0.15, 0.2) is 6.20 Å². The SMILES string of the molecule is Cc1cnc(N2CCC3CCC(C2)N3C(C)C)nc1N1CCC2CCC(C1)N2C(C)C. The van der Waals surface area contributed by atoms with Crippen LogP contribution in [0.4, 0.5) is 11.8 Å². The van der Waals surface area contributed by atoms with Crippen molar-refractivity contribution < 1.29 is 0 Å². The summed E-state index contributed by atoms with van der Waals surface area (Å²) in [5.41, 5.74) is 1.22. The maximum Gasteiger partial charge on any atom is 0.227 e. The molecule has 4 saturated heterocycles. The Labute approximate surface area is 189 Å². The van der Waals surface area contributed by atoms with Crippen LogP contribution in [-0.2, 0) is 0 Å². The molecular formula is C25H42N6. The minimum Gasteiger partial charge on any atom is -0.355 e. The summed E-state index contributed by atoms with van der Waals surface area (Å²) >= 11 is 0. The van der Waals surface area contributed by atoms with Crippen molar-refractivity contribution in [3.8, 4) is 0 Å². The molecule has 0 radical (unpaired) electrons. The van der Waals surface area contributed by atoms with Crippen molar-refractivity contribution in [2.45, 2.75) is 109 Å². The Bertz CT molecular complexity index is 779. The van der Waals surface area contributed by atoms with E-state index in [1.807, 2.05) is 0 Å². The van der Waals surface area contributed by atoms with Gasteiger partial charge in [-0.3, -0.25) is 9.80 Å². The van der Waals surface area contributed by atoms with Gasteiger partial charge in [0.05, 0.1) is 0 Å². The lowest BCUT2D eigenvalue weighted by atomic mass is 10.1. The van der Waals surface area contributed by atoms with Crippen molar-refractivity contribution >= 4 is 11.8 Å². The molecule has 1 aromatic heterocycles. The summed E-state index contributed by atoms with van der Waals surface area (Å²) in [6, 6.07) is 4.07. The summed E-state index contributed by atoms with van der Waals surface area (Å²) in [6.45, 7) is 16.0. The minimum atomic E-state index is 0.628. The predicted molar refractivity (Wildman–Crippen MR) is 128 cm³/mol. The number of fused-ring (bicyclic) bond motifs is 4. The molecule has 6 heteroatoms. The maximum atomic E-state index is 5.21. The molecule has 4 aliphatic rings. The molecule has 0 aromatic carbocycles. The predicted octanol–water partition coefficient (Wildman–Crippen LogP) is 3.69. The van der Waals surface area contributed by atoms with Crippen molar-refractivity contribution in [1.82, 2.24) is 19.8 Å². The zero-order chi connectivity index (χ0) is 21.7. The average Bonchev–Trinajstić information content (AvgIpc) is 3.17. The van der Waals surface area contributed by atoms with Crippen molar-refractivity contribution in [2.24, 2.45) is 0 Å². The van der Waals surface area contributed by atoms with Gasteiger partial charge in [0.15, 0.2) is 0 Å². The van der Waals surface area contributed by atoms with E-state index >= 15 is 0 Å². The van der Waals surface area contributed by atoms with Gasteiger partial charge in [0.1, 0.15) is 5.82 Å². The third-order valence-corrected chi connectivity index (χ3v) is 8.39. The summed E-state index contributed by atoms with van der Waals surface area (Å²) in [4.78, 5) is 20.6. The van der Waals surface area contributed by atoms with Crippen LogP contribution in [0, 0.1) is 6.92 Å². The van der Waals surface area contributed by atoms with Gasteiger partial charge in [0.2, 0.25) is 5.95 Å². The van der Waals surface area contributed by atoms with E-state index < -0.39 is 0 Å². The second kappa shape index (κ2) is 8.51. The largest absolute Gasteiger partial charge is 0.355 e. The number of aromatic nitrogens is 2. The first kappa shape index (κ1) is 21.4. The molecule has 4 bridgehead atoms. The van der Waals surface area contributed by atoms with Crippen molar-refractivity contribution in [2.75, 3.05) is 36.0 Å². The first-order chi connectivity index (χ1) is 14.9. The summed E-state index contributed by atoms with van der Waals surface area (Å²) in [7, 11) is 0. The fourth-order valence-corrected chi connectivity index (χ4v) is 7.18. The first-order valence-electron chi connectivity index (χ1n) is 12.8. The highest BCUT2D eigenvalue weighted by Crippen LogP contribution is 2.36. The second-order valence-electron chi connectivity index (χ2n) is 11.0. The molecular weight excluding hydrogens is 384 g/mol. The van der Waals surface area contributed by atoms with Crippen molar-refractivity contribution in [3.63, 3.8) is 0 Å². The maximum absolute atomic E-state index is 5.21. The number of nitrogens with zero attached hydrogens (tertiary/aromatic N) is 6. The molecule has 6 nitrogen and oxygen atoms in total. The lowest BCUT2D eigenvalue weighted by molar-refractivity contribution is 0.158. The van der Waals surface area contributed by atoms with Gasteiger partial charge in [-0.05, 0) is 73.1 Å². The highest BCUT2D eigenvalue weighted by atomic mass is 15.4. The Morgan fingerprint density at radius 3 is 1.84 bits per heavy atom. The standard InChI is InChI=1S/C25H42N6/c1-17(2)30-20-6-8-22(30)15-28(12-10-20)24-19(5)14-26-25(27-24)29-13-11-21-7-9-23(16-29)31(21)18(3)4/h14,17-18,20-23H,6-13,15-16H2,1-5H3. The molecule has 4 unspecified atom stereocenters. The number of hydrogen-bond acceptors (Lipinski definition) is 6. The molecule has 1 aromatic rings. The van der Waals surface area contributed by atoms with Crippen molar-refractivity contribution in [3.05, 3.63) is 11.8 Å². The summed E-state index contributed by atoms with van der Waals surface area (Å²) in [5, 5.41) is 0. The van der Waals surface area contributed by atoms with Crippen LogP contribution in [0.3, 0.4) is 0 Å². The monoisotopic (exact) mass is 426 g/mol. The van der Waals surface area contributed by atoms with E-state index in [0.29, 0.717) is 24.2 Å². The molecule has 31 heavy (non-hydrogen) atoms. The van der Waals surface area contributed by atoms with E-state index in [-0.39, 0.29) is 0 Å². The molecule has 4 aliphatic heterocycles. The van der Waals surface area contributed by atoms with Gasteiger partial charge in [-0.25, -0.2) is 4.98 Å². The molecule has 0 spiro atoms. The number of rotatable bonds is 4. The van der Waals surface area contributed by atoms with Gasteiger partial charge in [0.25, 0.3) is 0 Å². The fraction of sp³-hybridized carbons (Fsp3) is 0.840. The number of hydrogen-bond donors (Lipinski definition) is 0. The third-order valence-electron chi connectivity index (χ3n) is 8.39. The normalized spacial score (nSPS) is 32.2. The second-order valence-corrected chi connectivity index (χ2v) is 11.0. The minimum absolute atomic E-state index is 0.628. The first-order valence-corrected chi connectivity index (χ1v) is 12.8. The van der Waals surface area contributed by atoms with Gasteiger partial charge in [-0.1, -0.05) is 0 Å². The Morgan fingerprint density at radius 1 is 0.742 bits per heavy atom. The van der Waals surface area contributed by atoms with Crippen LogP contribution in [-0.4, -0.2) is 82.2 Å². The van der Waals surface area contributed by atoms with Gasteiger partial charge < -0.3 is 9.80 Å². The molecule has 0 aliphatic carbocycles. The summed E-state index contributed by atoms with van der Waals surface area (Å²) in [6.07, 6.45) is 9.94. The van der Waals surface area contributed by atoms with Gasteiger partial charge in [-0.2, -0.15) is 4.98 Å². The third kappa shape index (κ3) is 3.95. The molecule has 0 N–H and O–H groups in total. The summed E-state index contributed by atoms with van der Waals surface area (Å²) < 4.78 is 0. The Kier molecular flexibility index (Phi) is 5.89.